The summed E-state index contributed by atoms with van der Waals surface area (Å²) in [5.41, 5.74) is 0. The van der Waals surface area contributed by atoms with Crippen LogP contribution < -0.4 is 5.32 Å². The van der Waals surface area contributed by atoms with Gasteiger partial charge < -0.3 is 10.1 Å². The molecule has 0 saturated carbocycles. The first kappa shape index (κ1) is 12.1. The van der Waals surface area contributed by atoms with Gasteiger partial charge >= 0.3 is 0 Å². The van der Waals surface area contributed by atoms with Crippen LogP contribution in [0.1, 0.15) is 13.8 Å². The van der Waals surface area contributed by atoms with E-state index in [1.807, 2.05) is 20.9 Å². The monoisotopic (exact) mass is 243 g/mol. The Balaban J connectivity index is 0. The van der Waals surface area contributed by atoms with E-state index in [1.54, 1.807) is 0 Å². The molecule has 56 valence electrons. The van der Waals surface area contributed by atoms with Gasteiger partial charge in [-0.3, -0.25) is 0 Å². The van der Waals surface area contributed by atoms with Crippen molar-refractivity contribution in [1.82, 2.24) is 5.32 Å². The minimum atomic E-state index is 0.204. The van der Waals surface area contributed by atoms with Crippen molar-refractivity contribution in [3.63, 3.8) is 0 Å². The lowest BCUT2D eigenvalue weighted by Gasteiger charge is -1.78. The predicted molar refractivity (Wildman–Crippen MR) is 48.8 cm³/mol. The summed E-state index contributed by atoms with van der Waals surface area (Å²) < 4.78 is 1.04. The summed E-state index contributed by atoms with van der Waals surface area (Å²) in [5.74, 6) is 0.204. The van der Waals surface area contributed by atoms with Crippen LogP contribution in [-0.4, -0.2) is 17.9 Å². The molecule has 0 spiro atoms. The van der Waals surface area contributed by atoms with Crippen LogP contribution in [-0.2, 0) is 4.79 Å². The van der Waals surface area contributed by atoms with Crippen molar-refractivity contribution in [2.75, 3.05) is 11.6 Å². The molecule has 9 heavy (non-hydrogen) atoms. The highest BCUT2D eigenvalue weighted by atomic mass is 127. The van der Waals surface area contributed by atoms with Gasteiger partial charge in [0.15, 0.2) is 0 Å². The van der Waals surface area contributed by atoms with Gasteiger partial charge in [-0.1, -0.05) is 36.4 Å². The van der Waals surface area contributed by atoms with E-state index in [0.29, 0.717) is 0 Å². The van der Waals surface area contributed by atoms with Crippen LogP contribution in [0.5, 0.6) is 0 Å². The third-order valence-corrected chi connectivity index (χ3v) is 1.17. The van der Waals surface area contributed by atoms with Crippen LogP contribution >= 0.6 is 22.6 Å². The van der Waals surface area contributed by atoms with E-state index in [9.17, 15) is 4.79 Å². The molecule has 3 heteroatoms. The van der Waals surface area contributed by atoms with E-state index in [1.165, 1.54) is 0 Å². The molecule has 2 nitrogen and oxygen atoms in total. The minimum absolute atomic E-state index is 0.204. The van der Waals surface area contributed by atoms with Crippen LogP contribution in [0.2, 0.25) is 0 Å². The fraction of sp³-hybridized carbons (Fsp3) is 0.833. The summed E-state index contributed by atoms with van der Waals surface area (Å²) in [6.07, 6.45) is 0.917. The molecule has 0 fully saturated rings. The van der Waals surface area contributed by atoms with E-state index in [4.69, 9.17) is 0 Å². The normalized spacial score (nSPS) is 8.11. The summed E-state index contributed by atoms with van der Waals surface area (Å²) >= 11 is 2.24. The van der Waals surface area contributed by atoms with Gasteiger partial charge in [0.25, 0.3) is 0 Å². The van der Waals surface area contributed by atoms with Crippen molar-refractivity contribution >= 4 is 28.9 Å². The lowest BCUT2D eigenvalue weighted by molar-refractivity contribution is -0.110. The maximum absolute atomic E-state index is 9.50. The molecule has 0 aromatic rings. The smallest absolute Gasteiger partial charge is 0.122 e. The molecule has 0 aromatic carbocycles. The molecule has 0 saturated heterocycles. The summed E-state index contributed by atoms with van der Waals surface area (Å²) in [6, 6.07) is 0. The van der Waals surface area contributed by atoms with Crippen molar-refractivity contribution in [1.29, 1.82) is 0 Å². The third kappa shape index (κ3) is 30.0. The minimum Gasteiger partial charge on any atom is -0.311 e. The molecular weight excluding hydrogens is 229 g/mol. The molecule has 0 bridgehead atoms. The summed E-state index contributed by atoms with van der Waals surface area (Å²) in [5, 5.41) is 2.92. The van der Waals surface area contributed by atoms with Gasteiger partial charge in [-0.2, -0.15) is 0 Å². The van der Waals surface area contributed by atoms with Gasteiger partial charge in [0.2, 0.25) is 0 Å². The first-order valence-corrected chi connectivity index (χ1v) is 4.37. The van der Waals surface area contributed by atoms with Crippen LogP contribution in [0.15, 0.2) is 0 Å². The van der Waals surface area contributed by atoms with Gasteiger partial charge in [-0.25, -0.2) is 0 Å². The molecular formula is C6H14INO. The third-order valence-electron chi connectivity index (χ3n) is 0.406. The standard InChI is InChI=1S/C4H8O.C2H6IN/c1-4(2)3-5;1-4-2-3/h3-4H,1-2H3;4H,2H2,1H3. The highest BCUT2D eigenvalue weighted by Gasteiger charge is 1.79. The Morgan fingerprint density at radius 3 is 1.89 bits per heavy atom. The first-order chi connectivity index (χ1) is 4.18. The molecule has 0 aromatic heterocycles. The molecule has 0 unspecified atom stereocenters. The van der Waals surface area contributed by atoms with Gasteiger partial charge in [0, 0.05) is 10.5 Å². The maximum Gasteiger partial charge on any atom is 0.122 e. The van der Waals surface area contributed by atoms with Gasteiger partial charge in [0.05, 0.1) is 0 Å². The van der Waals surface area contributed by atoms with E-state index in [2.05, 4.69) is 27.9 Å². The highest BCUT2D eigenvalue weighted by molar-refractivity contribution is 14.1. The van der Waals surface area contributed by atoms with Gasteiger partial charge in [0.1, 0.15) is 6.29 Å². The lowest BCUT2D eigenvalue weighted by Crippen LogP contribution is -1.98. The summed E-state index contributed by atoms with van der Waals surface area (Å²) in [6.45, 7) is 3.71. The largest absolute Gasteiger partial charge is 0.311 e. The van der Waals surface area contributed by atoms with Gasteiger partial charge in [-0.05, 0) is 7.05 Å². The van der Waals surface area contributed by atoms with Crippen molar-refractivity contribution in [3.05, 3.63) is 0 Å². The topological polar surface area (TPSA) is 29.1 Å². The molecule has 1 N–H and O–H groups in total. The summed E-state index contributed by atoms with van der Waals surface area (Å²) in [7, 11) is 1.92. The zero-order valence-corrected chi connectivity index (χ0v) is 8.31. The number of aldehydes is 1. The number of hydrogen-bond donors (Lipinski definition) is 1. The summed E-state index contributed by atoms with van der Waals surface area (Å²) in [4.78, 5) is 9.50. The number of alkyl halides is 1. The van der Waals surface area contributed by atoms with E-state index in [0.717, 1.165) is 10.8 Å². The first-order valence-electron chi connectivity index (χ1n) is 2.84. The Labute approximate surface area is 70.5 Å². The number of nitrogens with one attached hydrogen (secondary N) is 1. The molecule has 0 aliphatic heterocycles. The Morgan fingerprint density at radius 1 is 1.67 bits per heavy atom. The van der Waals surface area contributed by atoms with Crippen LogP contribution in [0.3, 0.4) is 0 Å². The Kier molecular flexibility index (Phi) is 15.0. The number of carbonyl (C=O) groups is 1. The Morgan fingerprint density at radius 2 is 1.89 bits per heavy atom. The second kappa shape index (κ2) is 11.2. The maximum atomic E-state index is 9.50. The second-order valence-electron chi connectivity index (χ2n) is 1.87. The van der Waals surface area contributed by atoms with E-state index in [-0.39, 0.29) is 5.92 Å². The van der Waals surface area contributed by atoms with Crippen molar-refractivity contribution in [2.24, 2.45) is 5.92 Å². The zero-order valence-electron chi connectivity index (χ0n) is 6.15. The molecule has 0 aliphatic rings. The fourth-order valence-electron chi connectivity index (χ4n) is 0. The van der Waals surface area contributed by atoms with Crippen LogP contribution in [0.25, 0.3) is 0 Å². The molecule has 0 radical (unpaired) electrons. The number of rotatable bonds is 2. The average Bonchev–Trinajstić information content (AvgIpc) is 1.89. The van der Waals surface area contributed by atoms with Gasteiger partial charge in [-0.15, -0.1) is 0 Å². The molecule has 0 atom stereocenters. The molecule has 0 rings (SSSR count). The van der Waals surface area contributed by atoms with Crippen molar-refractivity contribution in [3.8, 4) is 0 Å². The fourth-order valence-corrected chi connectivity index (χ4v) is 0. The van der Waals surface area contributed by atoms with Crippen LogP contribution in [0.4, 0.5) is 0 Å². The second-order valence-corrected chi connectivity index (χ2v) is 2.63. The molecule has 0 amide bonds. The Bertz CT molecular complexity index is 55.0. The highest BCUT2D eigenvalue weighted by Crippen LogP contribution is 1.78. The van der Waals surface area contributed by atoms with Crippen LogP contribution in [0, 0.1) is 5.92 Å². The van der Waals surface area contributed by atoms with E-state index < -0.39 is 0 Å². The van der Waals surface area contributed by atoms with Crippen molar-refractivity contribution < 1.29 is 4.79 Å². The molecule has 0 heterocycles. The quantitative estimate of drug-likeness (QED) is 0.344. The Hall–Kier alpha value is 0.360. The molecule has 0 aliphatic carbocycles. The SMILES string of the molecule is CC(C)C=O.CNCI. The van der Waals surface area contributed by atoms with Crippen molar-refractivity contribution in [2.45, 2.75) is 13.8 Å². The number of halogens is 1. The lowest BCUT2D eigenvalue weighted by atomic mass is 10.3. The van der Waals surface area contributed by atoms with E-state index >= 15 is 0 Å². The predicted octanol–water partition coefficient (Wildman–Crippen LogP) is 1.44. The average molecular weight is 243 g/mol. The number of hydrogen-bond acceptors (Lipinski definition) is 2. The zero-order chi connectivity index (χ0) is 7.70. The number of carbonyl (C=O) groups excluding carboxylic acids is 1.